The average molecular weight is 285 g/mol. The number of hydrogen-bond donors (Lipinski definition) is 2. The first-order chi connectivity index (χ1) is 9.86. The maximum Gasteiger partial charge on any atom is 0.124 e. The van der Waals surface area contributed by atoms with Crippen molar-refractivity contribution in [3.63, 3.8) is 0 Å². The number of nitrogens with one attached hydrogen (secondary N) is 1. The van der Waals surface area contributed by atoms with Crippen molar-refractivity contribution in [2.24, 2.45) is 5.73 Å². The minimum absolute atomic E-state index is 0.120. The monoisotopic (exact) mass is 285 g/mol. The van der Waals surface area contributed by atoms with Crippen LogP contribution in [0.5, 0.6) is 0 Å². The molecule has 0 aliphatic heterocycles. The molecule has 0 aliphatic rings. The molecule has 0 aromatic heterocycles. The highest BCUT2D eigenvalue weighted by Crippen LogP contribution is 2.22. The highest BCUT2D eigenvalue weighted by Gasteiger charge is 2.08. The Kier molecular flexibility index (Phi) is 4.26. The van der Waals surface area contributed by atoms with Gasteiger partial charge in [-0.3, -0.25) is 5.41 Å². The number of hydrogen-bond acceptors (Lipinski definition) is 2. The van der Waals surface area contributed by atoms with Crippen LogP contribution in [0.4, 0.5) is 10.1 Å². The van der Waals surface area contributed by atoms with Crippen molar-refractivity contribution < 1.29 is 4.39 Å². The second kappa shape index (κ2) is 5.95. The van der Waals surface area contributed by atoms with Crippen molar-refractivity contribution in [2.75, 3.05) is 11.9 Å². The molecule has 3 N–H and O–H groups in total. The van der Waals surface area contributed by atoms with Crippen LogP contribution in [0.2, 0.25) is 0 Å². The van der Waals surface area contributed by atoms with E-state index in [2.05, 4.69) is 36.9 Å². The van der Waals surface area contributed by atoms with Crippen LogP contribution < -0.4 is 10.6 Å². The van der Waals surface area contributed by atoms with Crippen molar-refractivity contribution in [2.45, 2.75) is 20.4 Å². The van der Waals surface area contributed by atoms with Gasteiger partial charge < -0.3 is 10.6 Å². The molecular formula is C17H20FN3. The van der Waals surface area contributed by atoms with Crippen molar-refractivity contribution in [1.29, 1.82) is 5.41 Å². The predicted octanol–water partition coefficient (Wildman–Crippen LogP) is 3.36. The highest BCUT2D eigenvalue weighted by atomic mass is 19.1. The second-order valence-electron chi connectivity index (χ2n) is 5.41. The van der Waals surface area contributed by atoms with E-state index >= 15 is 0 Å². The maximum atomic E-state index is 13.6. The Morgan fingerprint density at radius 3 is 2.52 bits per heavy atom. The van der Waals surface area contributed by atoms with Gasteiger partial charge in [0.25, 0.3) is 0 Å². The quantitative estimate of drug-likeness (QED) is 0.668. The molecule has 2 rings (SSSR count). The number of aryl methyl sites for hydroxylation is 2. The van der Waals surface area contributed by atoms with Crippen LogP contribution in [-0.4, -0.2) is 12.9 Å². The normalized spacial score (nSPS) is 10.5. The summed E-state index contributed by atoms with van der Waals surface area (Å²) in [4.78, 5) is 2.06. The lowest BCUT2D eigenvalue weighted by Gasteiger charge is -2.22. The van der Waals surface area contributed by atoms with E-state index in [0.717, 1.165) is 11.3 Å². The summed E-state index contributed by atoms with van der Waals surface area (Å²) in [5.41, 5.74) is 10.2. The molecule has 0 aliphatic carbocycles. The molecule has 0 spiro atoms. The van der Waals surface area contributed by atoms with Gasteiger partial charge in [0, 0.05) is 24.8 Å². The van der Waals surface area contributed by atoms with E-state index in [-0.39, 0.29) is 11.7 Å². The number of halogens is 1. The van der Waals surface area contributed by atoms with Crippen LogP contribution in [-0.2, 0) is 6.54 Å². The summed E-state index contributed by atoms with van der Waals surface area (Å²) in [5, 5.41) is 7.43. The summed E-state index contributed by atoms with van der Waals surface area (Å²) < 4.78 is 13.6. The maximum absolute atomic E-state index is 13.6. The van der Waals surface area contributed by atoms with Gasteiger partial charge in [-0.1, -0.05) is 17.7 Å². The van der Waals surface area contributed by atoms with Gasteiger partial charge in [-0.15, -0.1) is 0 Å². The molecule has 2 aromatic rings. The van der Waals surface area contributed by atoms with Gasteiger partial charge in [0.15, 0.2) is 0 Å². The fourth-order valence-electron chi connectivity index (χ4n) is 2.49. The summed E-state index contributed by atoms with van der Waals surface area (Å²) in [6.45, 7) is 4.68. The summed E-state index contributed by atoms with van der Waals surface area (Å²) in [6, 6.07) is 10.8. The van der Waals surface area contributed by atoms with Crippen LogP contribution in [0.1, 0.15) is 22.3 Å². The predicted molar refractivity (Wildman–Crippen MR) is 85.4 cm³/mol. The van der Waals surface area contributed by atoms with E-state index in [1.165, 1.54) is 23.3 Å². The molecule has 110 valence electrons. The van der Waals surface area contributed by atoms with Crippen LogP contribution in [0.3, 0.4) is 0 Å². The molecule has 3 nitrogen and oxygen atoms in total. The van der Waals surface area contributed by atoms with E-state index in [9.17, 15) is 4.39 Å². The van der Waals surface area contributed by atoms with E-state index in [0.29, 0.717) is 12.1 Å². The first kappa shape index (κ1) is 15.0. The molecule has 0 saturated carbocycles. The highest BCUT2D eigenvalue weighted by molar-refractivity contribution is 5.95. The molecule has 0 amide bonds. The van der Waals surface area contributed by atoms with E-state index in [1.54, 1.807) is 6.07 Å². The lowest BCUT2D eigenvalue weighted by Crippen LogP contribution is -2.18. The second-order valence-corrected chi connectivity index (χ2v) is 5.41. The number of rotatable bonds is 4. The molecule has 4 heteroatoms. The molecule has 0 unspecified atom stereocenters. The standard InChI is InChI=1S/C17H20FN3/c1-11-4-5-16(12(2)6-11)21(3)10-13-7-14(17(19)20)9-15(18)8-13/h4-9H,10H2,1-3H3,(H3,19,20). The Hall–Kier alpha value is -2.36. The van der Waals surface area contributed by atoms with Crippen molar-refractivity contribution in [3.05, 3.63) is 64.5 Å². The molecule has 0 atom stereocenters. The molecule has 21 heavy (non-hydrogen) atoms. The third-order valence-corrected chi connectivity index (χ3v) is 3.45. The molecule has 2 aromatic carbocycles. The fourth-order valence-corrected chi connectivity index (χ4v) is 2.49. The van der Waals surface area contributed by atoms with Gasteiger partial charge in [0.05, 0.1) is 0 Å². The van der Waals surface area contributed by atoms with Crippen LogP contribution >= 0.6 is 0 Å². The molecule has 0 fully saturated rings. The number of nitrogen functional groups attached to an aromatic ring is 1. The number of anilines is 1. The Labute approximate surface area is 124 Å². The average Bonchev–Trinajstić information content (AvgIpc) is 2.37. The van der Waals surface area contributed by atoms with Crippen molar-refractivity contribution in [3.8, 4) is 0 Å². The Balaban J connectivity index is 2.27. The SMILES string of the molecule is Cc1ccc(N(C)Cc2cc(F)cc(C(=N)N)c2)c(C)c1. The molecule has 0 heterocycles. The minimum Gasteiger partial charge on any atom is -0.384 e. The summed E-state index contributed by atoms with van der Waals surface area (Å²) in [6.07, 6.45) is 0. The summed E-state index contributed by atoms with van der Waals surface area (Å²) >= 11 is 0. The summed E-state index contributed by atoms with van der Waals surface area (Å²) in [7, 11) is 1.97. The minimum atomic E-state index is -0.369. The zero-order valence-electron chi connectivity index (χ0n) is 12.6. The largest absolute Gasteiger partial charge is 0.384 e. The Morgan fingerprint density at radius 2 is 1.90 bits per heavy atom. The zero-order chi connectivity index (χ0) is 15.6. The first-order valence-electron chi connectivity index (χ1n) is 6.79. The topological polar surface area (TPSA) is 53.1 Å². The third-order valence-electron chi connectivity index (χ3n) is 3.45. The lowest BCUT2D eigenvalue weighted by molar-refractivity contribution is 0.624. The van der Waals surface area contributed by atoms with Gasteiger partial charge in [0.2, 0.25) is 0 Å². The number of nitrogens with two attached hydrogens (primary N) is 1. The Bertz CT molecular complexity index is 680. The van der Waals surface area contributed by atoms with Crippen LogP contribution in [0.15, 0.2) is 36.4 Å². The van der Waals surface area contributed by atoms with Crippen molar-refractivity contribution in [1.82, 2.24) is 0 Å². The van der Waals surface area contributed by atoms with E-state index in [4.69, 9.17) is 11.1 Å². The molecule has 0 saturated heterocycles. The smallest absolute Gasteiger partial charge is 0.124 e. The third kappa shape index (κ3) is 3.60. The van der Waals surface area contributed by atoms with Crippen molar-refractivity contribution >= 4 is 11.5 Å². The molecular weight excluding hydrogens is 265 g/mol. The lowest BCUT2D eigenvalue weighted by atomic mass is 10.1. The van der Waals surface area contributed by atoms with Gasteiger partial charge >= 0.3 is 0 Å². The molecule has 0 bridgehead atoms. The molecule has 0 radical (unpaired) electrons. The zero-order valence-corrected chi connectivity index (χ0v) is 12.6. The van der Waals surface area contributed by atoms with Gasteiger partial charge in [0.1, 0.15) is 11.7 Å². The Morgan fingerprint density at radius 1 is 1.19 bits per heavy atom. The van der Waals surface area contributed by atoms with Gasteiger partial charge in [-0.25, -0.2) is 4.39 Å². The first-order valence-corrected chi connectivity index (χ1v) is 6.79. The van der Waals surface area contributed by atoms with Crippen LogP contribution in [0.25, 0.3) is 0 Å². The number of nitrogens with zero attached hydrogens (tertiary/aromatic N) is 1. The fraction of sp³-hybridized carbons (Fsp3) is 0.235. The van der Waals surface area contributed by atoms with E-state index in [1.807, 2.05) is 7.05 Å². The number of amidine groups is 1. The number of benzene rings is 2. The van der Waals surface area contributed by atoms with E-state index < -0.39 is 0 Å². The summed E-state index contributed by atoms with van der Waals surface area (Å²) in [5.74, 6) is -0.489. The van der Waals surface area contributed by atoms with Gasteiger partial charge in [-0.05, 0) is 49.2 Å². The van der Waals surface area contributed by atoms with Crippen LogP contribution in [0, 0.1) is 25.1 Å². The van der Waals surface area contributed by atoms with Gasteiger partial charge in [-0.2, -0.15) is 0 Å².